The molecule has 0 saturated carbocycles. The minimum atomic E-state index is -4.50. The van der Waals surface area contributed by atoms with E-state index in [1.165, 1.54) is 24.3 Å². The molecule has 0 spiro atoms. The first-order valence-electron chi connectivity index (χ1n) is 10.6. The highest BCUT2D eigenvalue weighted by molar-refractivity contribution is 5.94. The van der Waals surface area contributed by atoms with E-state index in [1.54, 1.807) is 12.1 Å². The number of halogens is 3. The van der Waals surface area contributed by atoms with Gasteiger partial charge in [-0.25, -0.2) is 4.98 Å². The van der Waals surface area contributed by atoms with Crippen LogP contribution in [0.4, 0.5) is 18.9 Å². The first-order valence-corrected chi connectivity index (χ1v) is 10.6. The largest absolute Gasteiger partial charge is 0.484 e. The fourth-order valence-electron chi connectivity index (χ4n) is 3.35. The Morgan fingerprint density at radius 2 is 1.77 bits per heavy atom. The van der Waals surface area contributed by atoms with Crippen molar-refractivity contribution in [3.8, 4) is 5.75 Å². The van der Waals surface area contributed by atoms with Crippen LogP contribution in [0.15, 0.2) is 72.8 Å². The van der Waals surface area contributed by atoms with Crippen molar-refractivity contribution in [2.45, 2.75) is 19.1 Å². The number of anilines is 1. The van der Waals surface area contributed by atoms with E-state index in [-0.39, 0.29) is 17.6 Å². The molecule has 7 nitrogen and oxygen atoms in total. The van der Waals surface area contributed by atoms with E-state index in [4.69, 9.17) is 4.74 Å². The number of ether oxygens (including phenoxy) is 1. The summed E-state index contributed by atoms with van der Waals surface area (Å²) in [5, 5.41) is 5.23. The lowest BCUT2D eigenvalue weighted by molar-refractivity contribution is -0.137. The Balaban J connectivity index is 1.29. The highest BCUT2D eigenvalue weighted by Crippen LogP contribution is 2.30. The molecule has 1 aromatic heterocycles. The molecule has 1 unspecified atom stereocenters. The molecule has 2 amide bonds. The Bertz CT molecular complexity index is 1320. The highest BCUT2D eigenvalue weighted by Gasteiger charge is 2.30. The van der Waals surface area contributed by atoms with Gasteiger partial charge < -0.3 is 20.4 Å². The van der Waals surface area contributed by atoms with Crippen LogP contribution in [0.25, 0.3) is 11.0 Å². The SMILES string of the molecule is CC(NC(=O)c1ccc(OCC(=O)Nc2cccc(C(F)(F)F)c2)cc1)c1nc2ccccc2[nH]1. The summed E-state index contributed by atoms with van der Waals surface area (Å²) in [5.74, 6) is 0.0231. The van der Waals surface area contributed by atoms with Crippen molar-refractivity contribution in [1.82, 2.24) is 15.3 Å². The molecule has 0 radical (unpaired) electrons. The molecule has 35 heavy (non-hydrogen) atoms. The van der Waals surface area contributed by atoms with Crippen LogP contribution in [-0.4, -0.2) is 28.4 Å². The molecular formula is C25H21F3N4O3. The van der Waals surface area contributed by atoms with Crippen LogP contribution < -0.4 is 15.4 Å². The van der Waals surface area contributed by atoms with E-state index in [0.29, 0.717) is 17.1 Å². The molecular weight excluding hydrogens is 461 g/mol. The number of imidazole rings is 1. The number of fused-ring (bicyclic) bond motifs is 1. The minimum Gasteiger partial charge on any atom is -0.484 e. The maximum Gasteiger partial charge on any atom is 0.416 e. The molecule has 3 N–H and O–H groups in total. The number of rotatable bonds is 7. The van der Waals surface area contributed by atoms with Crippen molar-refractivity contribution in [3.05, 3.63) is 89.7 Å². The molecule has 4 rings (SSSR count). The van der Waals surface area contributed by atoms with Crippen molar-refractivity contribution >= 4 is 28.5 Å². The molecule has 0 aliphatic carbocycles. The molecule has 0 saturated heterocycles. The summed E-state index contributed by atoms with van der Waals surface area (Å²) in [5.41, 5.74) is 1.22. The molecule has 1 heterocycles. The number of amides is 2. The van der Waals surface area contributed by atoms with E-state index in [0.717, 1.165) is 23.2 Å². The number of H-pyrrole nitrogens is 1. The second-order valence-corrected chi connectivity index (χ2v) is 7.77. The zero-order valence-corrected chi connectivity index (χ0v) is 18.5. The number of aromatic amines is 1. The van der Waals surface area contributed by atoms with Crippen molar-refractivity contribution in [1.29, 1.82) is 0 Å². The molecule has 0 fully saturated rings. The first-order chi connectivity index (χ1) is 16.7. The van der Waals surface area contributed by atoms with Crippen LogP contribution in [0.2, 0.25) is 0 Å². The number of benzene rings is 3. The standard InChI is InChI=1S/C25H21F3N4O3/c1-15(23-31-20-7-2-3-8-21(20)32-23)29-24(34)16-9-11-19(12-10-16)35-14-22(33)30-18-6-4-5-17(13-18)25(26,27)28/h2-13,15H,14H2,1H3,(H,29,34)(H,30,33)(H,31,32). The number of alkyl halides is 3. The van der Waals surface area contributed by atoms with Crippen LogP contribution in [0, 0.1) is 0 Å². The Labute approximate surface area is 198 Å². The normalized spacial score (nSPS) is 12.2. The smallest absolute Gasteiger partial charge is 0.416 e. The molecule has 4 aromatic rings. The number of nitrogens with zero attached hydrogens (tertiary/aromatic N) is 1. The third-order valence-corrected chi connectivity index (χ3v) is 5.13. The van der Waals surface area contributed by atoms with Gasteiger partial charge in [-0.3, -0.25) is 9.59 Å². The van der Waals surface area contributed by atoms with Gasteiger partial charge in [0.2, 0.25) is 0 Å². The summed E-state index contributed by atoms with van der Waals surface area (Å²) >= 11 is 0. The summed E-state index contributed by atoms with van der Waals surface area (Å²) in [6.07, 6.45) is -4.50. The minimum absolute atomic E-state index is 0.0130. The third kappa shape index (κ3) is 5.97. The van der Waals surface area contributed by atoms with Crippen LogP contribution >= 0.6 is 0 Å². The zero-order chi connectivity index (χ0) is 25.0. The van der Waals surface area contributed by atoms with Gasteiger partial charge in [0, 0.05) is 11.3 Å². The van der Waals surface area contributed by atoms with Crippen molar-refractivity contribution in [3.63, 3.8) is 0 Å². The summed E-state index contributed by atoms with van der Waals surface area (Å²) in [6, 6.07) is 17.7. The van der Waals surface area contributed by atoms with Gasteiger partial charge in [-0.1, -0.05) is 18.2 Å². The number of para-hydroxylation sites is 2. The van der Waals surface area contributed by atoms with Gasteiger partial charge >= 0.3 is 6.18 Å². The van der Waals surface area contributed by atoms with Crippen LogP contribution in [-0.2, 0) is 11.0 Å². The van der Waals surface area contributed by atoms with Crippen LogP contribution in [0.3, 0.4) is 0 Å². The van der Waals surface area contributed by atoms with E-state index in [9.17, 15) is 22.8 Å². The van der Waals surface area contributed by atoms with Gasteiger partial charge in [-0.15, -0.1) is 0 Å². The van der Waals surface area contributed by atoms with E-state index >= 15 is 0 Å². The predicted molar refractivity (Wildman–Crippen MR) is 124 cm³/mol. The van der Waals surface area contributed by atoms with Gasteiger partial charge in [-0.05, 0) is 61.5 Å². The Morgan fingerprint density at radius 1 is 1.03 bits per heavy atom. The lowest BCUT2D eigenvalue weighted by atomic mass is 10.2. The summed E-state index contributed by atoms with van der Waals surface area (Å²) in [4.78, 5) is 32.3. The van der Waals surface area contributed by atoms with Crippen molar-refractivity contribution in [2.75, 3.05) is 11.9 Å². The third-order valence-electron chi connectivity index (χ3n) is 5.13. The average molecular weight is 482 g/mol. The highest BCUT2D eigenvalue weighted by atomic mass is 19.4. The molecule has 10 heteroatoms. The van der Waals surface area contributed by atoms with E-state index in [1.807, 2.05) is 31.2 Å². The number of nitrogens with one attached hydrogen (secondary N) is 3. The predicted octanol–water partition coefficient (Wildman–Crippen LogP) is 5.09. The molecule has 0 aliphatic heterocycles. The first kappa shape index (κ1) is 23.8. The maximum absolute atomic E-state index is 12.8. The fraction of sp³-hybridized carbons (Fsp3) is 0.160. The molecule has 180 valence electrons. The van der Waals surface area contributed by atoms with Crippen molar-refractivity contribution in [2.24, 2.45) is 0 Å². The Kier molecular flexibility index (Phi) is 6.72. The second kappa shape index (κ2) is 9.88. The molecule has 0 bridgehead atoms. The average Bonchev–Trinajstić information content (AvgIpc) is 3.27. The van der Waals surface area contributed by atoms with Gasteiger partial charge in [-0.2, -0.15) is 13.2 Å². The van der Waals surface area contributed by atoms with Crippen LogP contribution in [0.1, 0.15) is 34.7 Å². The van der Waals surface area contributed by atoms with Gasteiger partial charge in [0.1, 0.15) is 11.6 Å². The zero-order valence-electron chi connectivity index (χ0n) is 18.5. The number of hydrogen-bond donors (Lipinski definition) is 3. The topological polar surface area (TPSA) is 96.1 Å². The lowest BCUT2D eigenvalue weighted by Crippen LogP contribution is -2.27. The van der Waals surface area contributed by atoms with E-state index in [2.05, 4.69) is 20.6 Å². The number of carbonyl (C=O) groups excluding carboxylic acids is 2. The van der Waals surface area contributed by atoms with Crippen LogP contribution in [0.5, 0.6) is 5.75 Å². The molecule has 3 aromatic carbocycles. The summed E-state index contributed by atoms with van der Waals surface area (Å²) in [7, 11) is 0. The van der Waals surface area contributed by atoms with Gasteiger partial charge in [0.05, 0.1) is 22.6 Å². The number of hydrogen-bond acceptors (Lipinski definition) is 4. The summed E-state index contributed by atoms with van der Waals surface area (Å²) < 4.78 is 43.8. The molecule has 1 atom stereocenters. The van der Waals surface area contributed by atoms with Gasteiger partial charge in [0.25, 0.3) is 11.8 Å². The number of aromatic nitrogens is 2. The quantitative estimate of drug-likeness (QED) is 0.342. The fourth-order valence-corrected chi connectivity index (χ4v) is 3.35. The second-order valence-electron chi connectivity index (χ2n) is 7.77. The van der Waals surface area contributed by atoms with Gasteiger partial charge in [0.15, 0.2) is 6.61 Å². The Hall–Kier alpha value is -4.34. The van der Waals surface area contributed by atoms with E-state index < -0.39 is 24.3 Å². The molecule has 0 aliphatic rings. The lowest BCUT2D eigenvalue weighted by Gasteiger charge is -2.12. The number of carbonyl (C=O) groups is 2. The monoisotopic (exact) mass is 482 g/mol. The maximum atomic E-state index is 12.8. The summed E-state index contributed by atoms with van der Waals surface area (Å²) in [6.45, 7) is 1.40. The van der Waals surface area contributed by atoms with Crippen molar-refractivity contribution < 1.29 is 27.5 Å². The Morgan fingerprint density at radius 3 is 2.49 bits per heavy atom.